The highest BCUT2D eigenvalue weighted by molar-refractivity contribution is 6.30. The summed E-state index contributed by atoms with van der Waals surface area (Å²) in [6.07, 6.45) is 0. The molecule has 1 aliphatic rings. The first-order valence-electron chi connectivity index (χ1n) is 9.14. The lowest BCUT2D eigenvalue weighted by Gasteiger charge is -2.34. The maximum Gasteiger partial charge on any atom is 0.279 e. The van der Waals surface area contributed by atoms with E-state index in [1.54, 1.807) is 0 Å². The second-order valence-electron chi connectivity index (χ2n) is 7.19. The number of hydrogen-bond donors (Lipinski definition) is 2. The minimum absolute atomic E-state index is 0.0793. The highest BCUT2D eigenvalue weighted by Gasteiger charge is 2.23. The van der Waals surface area contributed by atoms with Crippen molar-refractivity contribution in [1.82, 2.24) is 0 Å². The van der Waals surface area contributed by atoms with Crippen molar-refractivity contribution in [3.63, 3.8) is 0 Å². The predicted molar refractivity (Wildman–Crippen MR) is 109 cm³/mol. The Morgan fingerprint density at radius 2 is 1.73 bits per heavy atom. The zero-order chi connectivity index (χ0) is 18.7. The molecule has 2 aromatic carbocycles. The number of benzene rings is 2. The van der Waals surface area contributed by atoms with Gasteiger partial charge in [0, 0.05) is 16.4 Å². The highest BCUT2D eigenvalue weighted by Crippen LogP contribution is 2.24. The molecular weight excluding hydrogens is 346 g/mol. The number of nitrogens with one attached hydrogen (secondary N) is 2. The largest absolute Gasteiger partial charge is 0.360 e. The summed E-state index contributed by atoms with van der Waals surface area (Å²) >= 11 is 6.15. The molecule has 2 N–H and O–H groups in total. The highest BCUT2D eigenvalue weighted by atomic mass is 35.5. The molecule has 0 saturated carbocycles. The van der Waals surface area contributed by atoms with Crippen molar-refractivity contribution in [2.24, 2.45) is 0 Å². The maximum atomic E-state index is 12.4. The van der Waals surface area contributed by atoms with Crippen LogP contribution in [0.15, 0.2) is 36.4 Å². The van der Waals surface area contributed by atoms with E-state index in [1.165, 1.54) is 27.3 Å². The monoisotopic (exact) mass is 372 g/mol. The summed E-state index contributed by atoms with van der Waals surface area (Å²) in [5, 5.41) is 3.80. The Bertz CT molecular complexity index is 798. The fourth-order valence-corrected chi connectivity index (χ4v) is 3.58. The molecule has 1 amide bonds. The predicted octanol–water partition coefficient (Wildman–Crippen LogP) is 2.61. The molecule has 1 heterocycles. The summed E-state index contributed by atoms with van der Waals surface area (Å²) in [6, 6.07) is 12.1. The molecule has 2 aromatic rings. The van der Waals surface area contributed by atoms with Crippen molar-refractivity contribution >= 4 is 28.9 Å². The molecule has 0 aliphatic carbocycles. The standard InChI is InChI=1S/C21H26ClN3O/c1-15-5-7-19(12-17(15)3)23-21(26)14-24-8-10-25(11-9-24)20-13-18(22)6-4-16(20)2/h4-7,12-13H,8-11,14H2,1-3H3,(H,23,26)/p+1. The van der Waals surface area contributed by atoms with Gasteiger partial charge in [0.2, 0.25) is 0 Å². The van der Waals surface area contributed by atoms with E-state index >= 15 is 0 Å². The molecule has 4 nitrogen and oxygen atoms in total. The van der Waals surface area contributed by atoms with Crippen LogP contribution in [-0.4, -0.2) is 38.6 Å². The summed E-state index contributed by atoms with van der Waals surface area (Å²) in [6.45, 7) is 10.5. The molecule has 0 radical (unpaired) electrons. The van der Waals surface area contributed by atoms with Crippen LogP contribution < -0.4 is 15.1 Å². The van der Waals surface area contributed by atoms with E-state index in [-0.39, 0.29) is 5.91 Å². The number of amides is 1. The molecule has 0 bridgehead atoms. The number of halogens is 1. The van der Waals surface area contributed by atoms with E-state index in [4.69, 9.17) is 11.6 Å². The van der Waals surface area contributed by atoms with Gasteiger partial charge in [-0.15, -0.1) is 0 Å². The zero-order valence-corrected chi connectivity index (χ0v) is 16.5. The number of piperazine rings is 1. The minimum atomic E-state index is 0.0793. The number of quaternary nitrogens is 1. The van der Waals surface area contributed by atoms with Crippen LogP contribution in [0.3, 0.4) is 0 Å². The van der Waals surface area contributed by atoms with E-state index in [0.29, 0.717) is 6.54 Å². The number of anilines is 2. The van der Waals surface area contributed by atoms with Crippen LogP contribution >= 0.6 is 11.6 Å². The van der Waals surface area contributed by atoms with Gasteiger partial charge in [0.15, 0.2) is 6.54 Å². The number of rotatable bonds is 4. The number of aryl methyl sites for hydroxylation is 3. The summed E-state index contributed by atoms with van der Waals surface area (Å²) in [4.78, 5) is 16.1. The zero-order valence-electron chi connectivity index (χ0n) is 15.7. The van der Waals surface area contributed by atoms with Crippen molar-refractivity contribution in [3.8, 4) is 0 Å². The van der Waals surface area contributed by atoms with Crippen molar-refractivity contribution in [2.75, 3.05) is 42.9 Å². The molecule has 1 fully saturated rings. The summed E-state index contributed by atoms with van der Waals surface area (Å²) in [5.74, 6) is 0.0793. The quantitative estimate of drug-likeness (QED) is 0.865. The fourth-order valence-electron chi connectivity index (χ4n) is 3.42. The lowest BCUT2D eigenvalue weighted by molar-refractivity contribution is -0.892. The second-order valence-corrected chi connectivity index (χ2v) is 7.63. The van der Waals surface area contributed by atoms with Gasteiger partial charge in [-0.1, -0.05) is 23.7 Å². The SMILES string of the molecule is Cc1ccc(NC(=O)C[NH+]2CCN(c3cc(Cl)ccc3C)CC2)cc1C. The molecule has 3 rings (SSSR count). The van der Waals surface area contributed by atoms with Crippen LogP contribution in [0.1, 0.15) is 16.7 Å². The van der Waals surface area contributed by atoms with Crippen LogP contribution in [-0.2, 0) is 4.79 Å². The normalized spacial score (nSPS) is 15.2. The van der Waals surface area contributed by atoms with Crippen molar-refractivity contribution in [1.29, 1.82) is 0 Å². The Balaban J connectivity index is 1.52. The molecule has 0 unspecified atom stereocenters. The van der Waals surface area contributed by atoms with E-state index in [2.05, 4.69) is 37.1 Å². The summed E-state index contributed by atoms with van der Waals surface area (Å²) in [7, 11) is 0. The second kappa shape index (κ2) is 8.11. The number of carbonyl (C=O) groups is 1. The maximum absolute atomic E-state index is 12.4. The van der Waals surface area contributed by atoms with Crippen LogP contribution in [0.5, 0.6) is 0 Å². The van der Waals surface area contributed by atoms with E-state index in [0.717, 1.165) is 36.9 Å². The van der Waals surface area contributed by atoms with E-state index in [9.17, 15) is 4.79 Å². The number of nitrogens with zero attached hydrogens (tertiary/aromatic N) is 1. The van der Waals surface area contributed by atoms with Gasteiger partial charge in [-0.2, -0.15) is 0 Å². The lowest BCUT2D eigenvalue weighted by Crippen LogP contribution is -3.15. The Kier molecular flexibility index (Phi) is 5.84. The van der Waals surface area contributed by atoms with Crippen molar-refractivity contribution < 1.29 is 9.69 Å². The average Bonchev–Trinajstić information content (AvgIpc) is 2.61. The average molecular weight is 373 g/mol. The number of carbonyl (C=O) groups excluding carboxylic acids is 1. The van der Waals surface area contributed by atoms with Gasteiger partial charge in [-0.25, -0.2) is 0 Å². The minimum Gasteiger partial charge on any atom is -0.360 e. The first-order valence-corrected chi connectivity index (χ1v) is 9.52. The van der Waals surface area contributed by atoms with Crippen LogP contribution in [0, 0.1) is 20.8 Å². The molecular formula is C21H27ClN3O+. The van der Waals surface area contributed by atoms with Gasteiger partial charge >= 0.3 is 0 Å². The Labute approximate surface area is 160 Å². The molecule has 0 spiro atoms. The van der Waals surface area contributed by atoms with Gasteiger partial charge < -0.3 is 15.1 Å². The van der Waals surface area contributed by atoms with Crippen LogP contribution in [0.25, 0.3) is 0 Å². The van der Waals surface area contributed by atoms with Crippen molar-refractivity contribution in [2.45, 2.75) is 20.8 Å². The molecule has 0 aromatic heterocycles. The van der Waals surface area contributed by atoms with Crippen LogP contribution in [0.4, 0.5) is 11.4 Å². The topological polar surface area (TPSA) is 36.8 Å². The fraction of sp³-hybridized carbons (Fsp3) is 0.381. The summed E-state index contributed by atoms with van der Waals surface area (Å²) < 4.78 is 0. The van der Waals surface area contributed by atoms with Crippen LogP contribution in [0.2, 0.25) is 5.02 Å². The number of hydrogen-bond acceptors (Lipinski definition) is 2. The third-order valence-electron chi connectivity index (χ3n) is 5.18. The van der Waals surface area contributed by atoms with E-state index in [1.807, 2.05) is 30.3 Å². The molecule has 1 saturated heterocycles. The van der Waals surface area contributed by atoms with Crippen molar-refractivity contribution in [3.05, 3.63) is 58.1 Å². The summed E-state index contributed by atoms with van der Waals surface area (Å²) in [5.41, 5.74) is 5.76. The third-order valence-corrected chi connectivity index (χ3v) is 5.42. The third kappa shape index (κ3) is 4.57. The van der Waals surface area contributed by atoms with Gasteiger partial charge in [0.05, 0.1) is 26.2 Å². The van der Waals surface area contributed by atoms with Gasteiger partial charge in [0.25, 0.3) is 5.91 Å². The molecule has 26 heavy (non-hydrogen) atoms. The van der Waals surface area contributed by atoms with Gasteiger partial charge in [0.1, 0.15) is 0 Å². The van der Waals surface area contributed by atoms with E-state index < -0.39 is 0 Å². The van der Waals surface area contributed by atoms with Gasteiger partial charge in [-0.05, 0) is 61.7 Å². The Morgan fingerprint density at radius 1 is 1.04 bits per heavy atom. The molecule has 138 valence electrons. The molecule has 1 aliphatic heterocycles. The Morgan fingerprint density at radius 3 is 2.42 bits per heavy atom. The molecule has 0 atom stereocenters. The van der Waals surface area contributed by atoms with Gasteiger partial charge in [-0.3, -0.25) is 4.79 Å². The lowest BCUT2D eigenvalue weighted by atomic mass is 10.1. The molecule has 5 heteroatoms. The first-order chi connectivity index (χ1) is 12.4. The smallest absolute Gasteiger partial charge is 0.279 e. The Hall–Kier alpha value is -2.04. The first kappa shape index (κ1) is 18.7.